The minimum absolute atomic E-state index is 0.411. The van der Waals surface area contributed by atoms with Gasteiger partial charge in [-0.3, -0.25) is 19.5 Å². The number of nitrogens with zero attached hydrogens (tertiary/aromatic N) is 2. The summed E-state index contributed by atoms with van der Waals surface area (Å²) in [5.41, 5.74) is -0.170. The summed E-state index contributed by atoms with van der Waals surface area (Å²) in [5.74, 6) is 0.852. The summed E-state index contributed by atoms with van der Waals surface area (Å²) in [5, 5.41) is 5.37. The van der Waals surface area contributed by atoms with Crippen molar-refractivity contribution in [2.24, 2.45) is 0 Å². The number of imide groups is 1. The molecule has 1 aliphatic rings. The third-order valence-corrected chi connectivity index (χ3v) is 5.27. The number of methoxy groups -OCH3 is 1. The van der Waals surface area contributed by atoms with Gasteiger partial charge >= 0.3 is 6.03 Å². The molecular formula is C24H22N4O5. The van der Waals surface area contributed by atoms with Crippen molar-refractivity contribution in [1.82, 2.24) is 15.2 Å². The highest BCUT2D eigenvalue weighted by atomic mass is 16.5. The van der Waals surface area contributed by atoms with Gasteiger partial charge in [0, 0.05) is 18.1 Å². The van der Waals surface area contributed by atoms with Crippen molar-refractivity contribution < 1.29 is 23.9 Å². The average Bonchev–Trinajstić information content (AvgIpc) is 3.05. The number of rotatable bonds is 7. The molecule has 0 saturated carbocycles. The number of amides is 4. The molecule has 3 aromatic rings. The van der Waals surface area contributed by atoms with Crippen LogP contribution in [0.15, 0.2) is 73.1 Å². The number of anilines is 1. The molecule has 1 unspecified atom stereocenters. The molecule has 0 aliphatic carbocycles. The molecule has 9 heteroatoms. The van der Waals surface area contributed by atoms with Crippen LogP contribution in [0.2, 0.25) is 0 Å². The summed E-state index contributed by atoms with van der Waals surface area (Å²) in [6.07, 6.45) is 3.25. The summed E-state index contributed by atoms with van der Waals surface area (Å²) < 4.78 is 10.8. The van der Waals surface area contributed by atoms with E-state index in [1.165, 1.54) is 0 Å². The van der Waals surface area contributed by atoms with Crippen LogP contribution >= 0.6 is 0 Å². The van der Waals surface area contributed by atoms with E-state index in [0.717, 1.165) is 4.90 Å². The van der Waals surface area contributed by atoms with Crippen molar-refractivity contribution in [3.8, 4) is 17.2 Å². The van der Waals surface area contributed by atoms with Gasteiger partial charge in [0.2, 0.25) is 5.91 Å². The summed E-state index contributed by atoms with van der Waals surface area (Å²) in [6, 6.07) is 16.4. The second-order valence-electron chi connectivity index (χ2n) is 7.53. The number of carbonyl (C=O) groups excluding carboxylic acids is 3. The summed E-state index contributed by atoms with van der Waals surface area (Å²) >= 11 is 0. The number of ether oxygens (including phenoxy) is 2. The van der Waals surface area contributed by atoms with E-state index in [2.05, 4.69) is 15.6 Å². The number of urea groups is 1. The van der Waals surface area contributed by atoms with Crippen molar-refractivity contribution >= 4 is 23.5 Å². The van der Waals surface area contributed by atoms with Gasteiger partial charge < -0.3 is 20.1 Å². The van der Waals surface area contributed by atoms with E-state index in [-0.39, 0.29) is 0 Å². The number of pyridine rings is 1. The molecule has 1 fully saturated rings. The molecule has 9 nitrogen and oxygen atoms in total. The van der Waals surface area contributed by atoms with Crippen LogP contribution in [0.5, 0.6) is 17.2 Å². The molecule has 2 N–H and O–H groups in total. The van der Waals surface area contributed by atoms with Crippen LogP contribution in [0.1, 0.15) is 12.5 Å². The molecule has 168 valence electrons. The van der Waals surface area contributed by atoms with E-state index in [4.69, 9.17) is 9.47 Å². The van der Waals surface area contributed by atoms with Gasteiger partial charge in [-0.15, -0.1) is 0 Å². The zero-order chi connectivity index (χ0) is 23.4. The number of carbonyl (C=O) groups is 3. The smallest absolute Gasteiger partial charge is 0.325 e. The van der Waals surface area contributed by atoms with Crippen molar-refractivity contribution in [2.75, 3.05) is 19.0 Å². The number of hydrogen-bond donors (Lipinski definition) is 2. The zero-order valence-corrected chi connectivity index (χ0v) is 18.1. The SMILES string of the molecule is COc1ccc(C2(C)NC(=O)N(CC(=O)Nc3ccc(Oc4ccncc4)cc3)C2=O)cc1. The average molecular weight is 446 g/mol. The van der Waals surface area contributed by atoms with E-state index in [1.54, 1.807) is 87.1 Å². The van der Waals surface area contributed by atoms with Crippen LogP contribution < -0.4 is 20.1 Å². The van der Waals surface area contributed by atoms with Gasteiger partial charge in [-0.2, -0.15) is 0 Å². The first-order valence-electron chi connectivity index (χ1n) is 10.2. The van der Waals surface area contributed by atoms with Crippen LogP contribution in [-0.2, 0) is 15.1 Å². The molecule has 4 amide bonds. The number of benzene rings is 2. The molecule has 1 saturated heterocycles. The van der Waals surface area contributed by atoms with E-state index in [1.807, 2.05) is 0 Å². The molecular weight excluding hydrogens is 424 g/mol. The second kappa shape index (κ2) is 8.99. The second-order valence-corrected chi connectivity index (χ2v) is 7.53. The van der Waals surface area contributed by atoms with Crippen molar-refractivity contribution in [1.29, 1.82) is 0 Å². The maximum absolute atomic E-state index is 13.0. The molecule has 1 aromatic heterocycles. The zero-order valence-electron chi connectivity index (χ0n) is 18.1. The highest BCUT2D eigenvalue weighted by Gasteiger charge is 2.49. The predicted octanol–water partition coefficient (Wildman–Crippen LogP) is 3.29. The van der Waals surface area contributed by atoms with E-state index in [0.29, 0.717) is 28.5 Å². The lowest BCUT2D eigenvalue weighted by Crippen LogP contribution is -2.42. The first-order chi connectivity index (χ1) is 15.9. The molecule has 1 aliphatic heterocycles. The van der Waals surface area contributed by atoms with Gasteiger partial charge in [0.05, 0.1) is 7.11 Å². The monoisotopic (exact) mass is 446 g/mol. The number of aromatic nitrogens is 1. The van der Waals surface area contributed by atoms with Gasteiger partial charge in [0.15, 0.2) is 0 Å². The quantitative estimate of drug-likeness (QED) is 0.539. The predicted molar refractivity (Wildman–Crippen MR) is 120 cm³/mol. The van der Waals surface area contributed by atoms with Gasteiger partial charge in [0.25, 0.3) is 5.91 Å². The third-order valence-electron chi connectivity index (χ3n) is 5.27. The fraction of sp³-hybridized carbons (Fsp3) is 0.167. The number of hydrogen-bond acceptors (Lipinski definition) is 6. The Bertz CT molecular complexity index is 1170. The Hall–Kier alpha value is -4.40. The maximum Gasteiger partial charge on any atom is 0.325 e. The molecule has 0 spiro atoms. The highest BCUT2D eigenvalue weighted by molar-refractivity contribution is 6.10. The van der Waals surface area contributed by atoms with Crippen molar-refractivity contribution in [2.45, 2.75) is 12.5 Å². The van der Waals surface area contributed by atoms with Crippen LogP contribution in [0.25, 0.3) is 0 Å². The molecule has 33 heavy (non-hydrogen) atoms. The first kappa shape index (κ1) is 21.8. The molecule has 0 radical (unpaired) electrons. The van der Waals surface area contributed by atoms with Crippen molar-refractivity contribution in [3.05, 3.63) is 78.6 Å². The lowest BCUT2D eigenvalue weighted by Gasteiger charge is -2.22. The summed E-state index contributed by atoms with van der Waals surface area (Å²) in [7, 11) is 1.54. The molecule has 4 rings (SSSR count). The van der Waals surface area contributed by atoms with Crippen LogP contribution in [-0.4, -0.2) is 41.4 Å². The van der Waals surface area contributed by atoms with Gasteiger partial charge in [-0.05, 0) is 61.0 Å². The summed E-state index contributed by atoms with van der Waals surface area (Å²) in [4.78, 5) is 42.8. The largest absolute Gasteiger partial charge is 0.497 e. The van der Waals surface area contributed by atoms with Crippen LogP contribution in [0.3, 0.4) is 0 Å². The van der Waals surface area contributed by atoms with Gasteiger partial charge in [0.1, 0.15) is 29.3 Å². The van der Waals surface area contributed by atoms with Crippen LogP contribution in [0, 0.1) is 0 Å². The van der Waals surface area contributed by atoms with E-state index >= 15 is 0 Å². The molecule has 2 heterocycles. The minimum Gasteiger partial charge on any atom is -0.497 e. The topological polar surface area (TPSA) is 110 Å². The molecule has 2 aromatic carbocycles. The standard InChI is InChI=1S/C24H22N4O5/c1-24(16-3-7-18(32-2)8-4-16)22(30)28(23(31)27-24)15-21(29)26-17-5-9-19(10-6-17)33-20-11-13-25-14-12-20/h3-14H,15H2,1-2H3,(H,26,29)(H,27,31). The Balaban J connectivity index is 1.38. The first-order valence-corrected chi connectivity index (χ1v) is 10.2. The summed E-state index contributed by atoms with van der Waals surface area (Å²) in [6.45, 7) is 1.19. The maximum atomic E-state index is 13.0. The fourth-order valence-corrected chi connectivity index (χ4v) is 3.45. The third kappa shape index (κ3) is 4.62. The van der Waals surface area contributed by atoms with Crippen molar-refractivity contribution in [3.63, 3.8) is 0 Å². The Kier molecular flexibility index (Phi) is 5.95. The number of nitrogens with one attached hydrogen (secondary N) is 2. The normalized spacial score (nSPS) is 17.5. The van der Waals surface area contributed by atoms with Gasteiger partial charge in [-0.25, -0.2) is 4.79 Å². The lowest BCUT2D eigenvalue weighted by atomic mass is 9.92. The van der Waals surface area contributed by atoms with Crippen LogP contribution in [0.4, 0.5) is 10.5 Å². The lowest BCUT2D eigenvalue weighted by molar-refractivity contribution is -0.133. The Labute approximate surface area is 190 Å². The Morgan fingerprint density at radius 2 is 1.58 bits per heavy atom. The van der Waals surface area contributed by atoms with Gasteiger partial charge in [-0.1, -0.05) is 12.1 Å². The van der Waals surface area contributed by atoms with E-state index < -0.39 is 29.9 Å². The Morgan fingerprint density at radius 1 is 0.970 bits per heavy atom. The van der Waals surface area contributed by atoms with E-state index in [9.17, 15) is 14.4 Å². The fourth-order valence-electron chi connectivity index (χ4n) is 3.45. The minimum atomic E-state index is -1.27. The Morgan fingerprint density at radius 3 is 2.21 bits per heavy atom. The molecule has 0 bridgehead atoms. The molecule has 1 atom stereocenters. The highest BCUT2D eigenvalue weighted by Crippen LogP contribution is 2.30.